The maximum atomic E-state index is 12.7. The number of benzene rings is 1. The molecule has 1 aromatic carbocycles. The number of carbonyl (C=O) groups excluding carboxylic acids is 1. The first-order valence-corrected chi connectivity index (χ1v) is 10.3. The number of amides is 1. The molecule has 2 aliphatic heterocycles. The molecule has 0 spiro atoms. The Balaban J connectivity index is 1.51. The van der Waals surface area contributed by atoms with Crippen LogP contribution in [0.2, 0.25) is 0 Å². The minimum absolute atomic E-state index is 0.0570. The molecule has 162 valence electrons. The number of nitrogens with one attached hydrogen (secondary N) is 1. The van der Waals surface area contributed by atoms with E-state index >= 15 is 0 Å². The third-order valence-corrected chi connectivity index (χ3v) is 5.62. The highest BCUT2D eigenvalue weighted by Crippen LogP contribution is 2.29. The fourth-order valence-electron chi connectivity index (χ4n) is 3.90. The molecule has 29 heavy (non-hydrogen) atoms. The summed E-state index contributed by atoms with van der Waals surface area (Å²) in [6, 6.07) is 8.12. The van der Waals surface area contributed by atoms with Crippen LogP contribution < -0.4 is 15.0 Å². The fourth-order valence-corrected chi connectivity index (χ4v) is 3.90. The van der Waals surface area contributed by atoms with Crippen molar-refractivity contribution in [3.05, 3.63) is 24.3 Å². The van der Waals surface area contributed by atoms with Crippen LogP contribution in [0.4, 0.5) is 5.69 Å². The topological polar surface area (TPSA) is 94.5 Å². The van der Waals surface area contributed by atoms with Crippen molar-refractivity contribution >= 4 is 11.6 Å². The van der Waals surface area contributed by atoms with Crippen molar-refractivity contribution in [1.29, 1.82) is 0 Å². The molecule has 4 atom stereocenters. The van der Waals surface area contributed by atoms with Crippen LogP contribution in [0.5, 0.6) is 5.75 Å². The van der Waals surface area contributed by atoms with Crippen LogP contribution in [-0.2, 0) is 9.53 Å². The molecule has 0 radical (unpaired) electrons. The largest absolute Gasteiger partial charge is 0.495 e. The van der Waals surface area contributed by atoms with Gasteiger partial charge in [0.05, 0.1) is 31.4 Å². The normalized spacial score (nSPS) is 27.5. The molecule has 3 rings (SSSR count). The molecule has 8 heteroatoms. The Morgan fingerprint density at radius 3 is 2.48 bits per heavy atom. The average molecular weight is 408 g/mol. The van der Waals surface area contributed by atoms with Gasteiger partial charge < -0.3 is 34.8 Å². The first-order valence-electron chi connectivity index (χ1n) is 10.3. The number of rotatable bonds is 7. The molecule has 1 aromatic rings. The Kier molecular flexibility index (Phi) is 7.34. The quantitative estimate of drug-likeness (QED) is 0.595. The van der Waals surface area contributed by atoms with Crippen molar-refractivity contribution in [3.63, 3.8) is 0 Å². The van der Waals surface area contributed by atoms with Crippen LogP contribution in [0.15, 0.2) is 24.3 Å². The maximum absolute atomic E-state index is 12.7. The summed E-state index contributed by atoms with van der Waals surface area (Å²) in [7, 11) is 1.66. The van der Waals surface area contributed by atoms with Crippen molar-refractivity contribution < 1.29 is 24.5 Å². The smallest absolute Gasteiger partial charge is 0.225 e. The van der Waals surface area contributed by atoms with Crippen molar-refractivity contribution in [3.8, 4) is 5.75 Å². The molecule has 0 aromatic heterocycles. The molecule has 0 unspecified atom stereocenters. The molecule has 1 amide bonds. The van der Waals surface area contributed by atoms with E-state index in [1.165, 1.54) is 0 Å². The van der Waals surface area contributed by atoms with E-state index in [4.69, 9.17) is 9.47 Å². The summed E-state index contributed by atoms with van der Waals surface area (Å²) < 4.78 is 11.2. The van der Waals surface area contributed by atoms with E-state index in [0.29, 0.717) is 32.7 Å². The number of piperazine rings is 1. The summed E-state index contributed by atoms with van der Waals surface area (Å²) in [5.41, 5.74) is 1.03. The number of aliphatic hydroxyl groups is 2. The Labute approximate surface area is 172 Å². The monoisotopic (exact) mass is 407 g/mol. The van der Waals surface area contributed by atoms with Gasteiger partial charge in [-0.1, -0.05) is 26.0 Å². The second-order valence-corrected chi connectivity index (χ2v) is 8.00. The molecule has 0 aliphatic carbocycles. The molecular weight excluding hydrogens is 374 g/mol. The lowest BCUT2D eigenvalue weighted by atomic mass is 10.0. The Morgan fingerprint density at radius 2 is 1.83 bits per heavy atom. The van der Waals surface area contributed by atoms with Crippen LogP contribution in [0.1, 0.15) is 20.3 Å². The number of hydrogen-bond acceptors (Lipinski definition) is 7. The van der Waals surface area contributed by atoms with Gasteiger partial charge in [0.2, 0.25) is 5.91 Å². The van der Waals surface area contributed by atoms with E-state index in [0.717, 1.165) is 11.4 Å². The number of carbonyl (C=O) groups is 1. The molecule has 2 aliphatic rings. The van der Waals surface area contributed by atoms with E-state index < -0.39 is 24.4 Å². The standard InChI is InChI=1S/C21H33N3O5/c1-14(2)22-13-18-21(27)20(26)17(29-18)12-19(25)24-10-8-23(9-11-24)15-6-4-5-7-16(15)28-3/h4-7,14,17-18,20-22,26-27H,8-13H2,1-3H3/t17-,18-,20-,21+/m0/s1. The fraction of sp³-hybridized carbons (Fsp3) is 0.667. The number of hydrogen-bond donors (Lipinski definition) is 3. The number of para-hydroxylation sites is 2. The highest BCUT2D eigenvalue weighted by atomic mass is 16.5. The zero-order valence-electron chi connectivity index (χ0n) is 17.5. The predicted octanol–water partition coefficient (Wildman–Crippen LogP) is 0.221. The lowest BCUT2D eigenvalue weighted by Crippen LogP contribution is -2.50. The zero-order chi connectivity index (χ0) is 21.0. The minimum Gasteiger partial charge on any atom is -0.495 e. The number of anilines is 1. The molecule has 8 nitrogen and oxygen atoms in total. The van der Waals surface area contributed by atoms with Gasteiger partial charge in [-0.25, -0.2) is 0 Å². The van der Waals surface area contributed by atoms with E-state index in [-0.39, 0.29) is 18.4 Å². The van der Waals surface area contributed by atoms with E-state index in [1.807, 2.05) is 38.1 Å². The van der Waals surface area contributed by atoms with Gasteiger partial charge in [-0.15, -0.1) is 0 Å². The lowest BCUT2D eigenvalue weighted by Gasteiger charge is -2.37. The SMILES string of the molecule is COc1ccccc1N1CCN(C(=O)C[C@@H]2O[C@@H](CNC(C)C)[C@@H](O)[C@H]2O)CC1. The van der Waals surface area contributed by atoms with Gasteiger partial charge in [0.1, 0.15) is 18.0 Å². The van der Waals surface area contributed by atoms with Crippen LogP contribution in [0, 0.1) is 0 Å². The molecule has 2 heterocycles. The number of methoxy groups -OCH3 is 1. The van der Waals surface area contributed by atoms with Gasteiger partial charge in [-0.3, -0.25) is 4.79 Å². The summed E-state index contributed by atoms with van der Waals surface area (Å²) in [6.45, 7) is 7.07. The number of aliphatic hydroxyl groups excluding tert-OH is 2. The Morgan fingerprint density at radius 1 is 1.17 bits per heavy atom. The predicted molar refractivity (Wildman–Crippen MR) is 110 cm³/mol. The molecule has 3 N–H and O–H groups in total. The van der Waals surface area contributed by atoms with Crippen LogP contribution in [0.3, 0.4) is 0 Å². The average Bonchev–Trinajstić information content (AvgIpc) is 3.00. The van der Waals surface area contributed by atoms with E-state index in [1.54, 1.807) is 12.0 Å². The summed E-state index contributed by atoms with van der Waals surface area (Å²) >= 11 is 0. The number of nitrogens with zero attached hydrogens (tertiary/aromatic N) is 2. The van der Waals surface area contributed by atoms with Crippen LogP contribution in [0.25, 0.3) is 0 Å². The van der Waals surface area contributed by atoms with Crippen LogP contribution in [-0.4, -0.2) is 91.3 Å². The van der Waals surface area contributed by atoms with Gasteiger partial charge in [0.25, 0.3) is 0 Å². The lowest BCUT2D eigenvalue weighted by molar-refractivity contribution is -0.135. The van der Waals surface area contributed by atoms with Gasteiger partial charge in [0.15, 0.2) is 0 Å². The summed E-state index contributed by atoms with van der Waals surface area (Å²) in [5.74, 6) is 0.767. The minimum atomic E-state index is -1.05. The maximum Gasteiger partial charge on any atom is 0.225 e. The summed E-state index contributed by atoms with van der Waals surface area (Å²) in [6.07, 6.45) is -3.14. The zero-order valence-corrected chi connectivity index (χ0v) is 17.5. The van der Waals surface area contributed by atoms with Gasteiger partial charge in [-0.2, -0.15) is 0 Å². The second kappa shape index (κ2) is 9.75. The Hall–Kier alpha value is -1.87. The van der Waals surface area contributed by atoms with E-state index in [9.17, 15) is 15.0 Å². The highest BCUT2D eigenvalue weighted by Gasteiger charge is 2.43. The van der Waals surface area contributed by atoms with Crippen molar-refractivity contribution in [2.24, 2.45) is 0 Å². The molecule has 0 saturated carbocycles. The van der Waals surface area contributed by atoms with E-state index in [2.05, 4.69) is 10.2 Å². The van der Waals surface area contributed by atoms with Gasteiger partial charge in [-0.05, 0) is 12.1 Å². The van der Waals surface area contributed by atoms with Crippen molar-refractivity contribution in [2.45, 2.75) is 50.7 Å². The summed E-state index contributed by atoms with van der Waals surface area (Å²) in [4.78, 5) is 16.7. The molecule has 2 fully saturated rings. The highest BCUT2D eigenvalue weighted by molar-refractivity contribution is 5.77. The third kappa shape index (κ3) is 5.19. The van der Waals surface area contributed by atoms with Crippen molar-refractivity contribution in [2.75, 3.05) is 44.7 Å². The molecule has 0 bridgehead atoms. The first-order chi connectivity index (χ1) is 13.9. The first kappa shape index (κ1) is 21.8. The second-order valence-electron chi connectivity index (χ2n) is 8.00. The van der Waals surface area contributed by atoms with Gasteiger partial charge in [0, 0.05) is 38.8 Å². The molecular formula is C21H33N3O5. The van der Waals surface area contributed by atoms with Crippen LogP contribution >= 0.6 is 0 Å². The molecule has 2 saturated heterocycles. The van der Waals surface area contributed by atoms with Crippen molar-refractivity contribution in [1.82, 2.24) is 10.2 Å². The Bertz CT molecular complexity index is 678. The third-order valence-electron chi connectivity index (χ3n) is 5.62. The summed E-state index contributed by atoms with van der Waals surface area (Å²) in [5, 5.41) is 23.7. The number of ether oxygens (including phenoxy) is 2. The van der Waals surface area contributed by atoms with Gasteiger partial charge >= 0.3 is 0 Å².